The highest BCUT2D eigenvalue weighted by molar-refractivity contribution is 7.10. The zero-order valence-electron chi connectivity index (χ0n) is 18.2. The lowest BCUT2D eigenvalue weighted by Crippen LogP contribution is -2.49. The summed E-state index contributed by atoms with van der Waals surface area (Å²) >= 11 is 1.62. The highest BCUT2D eigenvalue weighted by Gasteiger charge is 2.29. The van der Waals surface area contributed by atoms with Crippen molar-refractivity contribution < 1.29 is 14.3 Å². The minimum absolute atomic E-state index is 0.0124. The van der Waals surface area contributed by atoms with E-state index >= 15 is 0 Å². The molecule has 2 aromatic rings. The Hall–Kier alpha value is -2.39. The summed E-state index contributed by atoms with van der Waals surface area (Å²) in [5.41, 5.74) is 0.411. The lowest BCUT2D eigenvalue weighted by Gasteiger charge is -2.35. The van der Waals surface area contributed by atoms with Gasteiger partial charge < -0.3 is 20.3 Å². The summed E-state index contributed by atoms with van der Waals surface area (Å²) in [6, 6.07) is 3.59. The Bertz CT molecular complexity index is 848. The summed E-state index contributed by atoms with van der Waals surface area (Å²) in [6.07, 6.45) is 3.27. The lowest BCUT2D eigenvalue weighted by molar-refractivity contribution is -0.144. The molecule has 8 nitrogen and oxygen atoms in total. The summed E-state index contributed by atoms with van der Waals surface area (Å²) < 4.78 is 7.22. The fourth-order valence-electron chi connectivity index (χ4n) is 3.60. The number of hydrogen-bond acceptors (Lipinski definition) is 5. The fraction of sp³-hybridized carbons (Fsp3) is 0.571. The van der Waals surface area contributed by atoms with E-state index in [9.17, 15) is 9.59 Å². The van der Waals surface area contributed by atoms with Crippen LogP contribution in [0, 0.1) is 5.41 Å². The first-order chi connectivity index (χ1) is 14.1. The molecule has 1 saturated heterocycles. The highest BCUT2D eigenvalue weighted by atomic mass is 32.1. The van der Waals surface area contributed by atoms with E-state index in [1.165, 1.54) is 0 Å². The number of aromatic nitrogens is 2. The lowest BCUT2D eigenvalue weighted by atomic mass is 9.86. The molecule has 2 aromatic heterocycles. The van der Waals surface area contributed by atoms with Crippen LogP contribution in [0.5, 0.6) is 0 Å². The van der Waals surface area contributed by atoms with Gasteiger partial charge in [-0.1, -0.05) is 26.8 Å². The first kappa shape index (κ1) is 22.3. The minimum Gasteiger partial charge on any atom is -0.372 e. The molecule has 3 atom stereocenters. The summed E-state index contributed by atoms with van der Waals surface area (Å²) in [6.45, 7) is 11.5. The van der Waals surface area contributed by atoms with Crippen LogP contribution in [0.15, 0.2) is 29.9 Å². The number of thiophene rings is 1. The second-order valence-corrected chi connectivity index (χ2v) is 9.87. The van der Waals surface area contributed by atoms with Crippen molar-refractivity contribution in [1.82, 2.24) is 20.0 Å². The number of morpholine rings is 1. The fourth-order valence-corrected chi connectivity index (χ4v) is 4.62. The number of nitrogens with one attached hydrogen (secondary N) is 2. The number of rotatable bonds is 5. The molecule has 0 spiro atoms. The first-order valence-corrected chi connectivity index (χ1v) is 11.1. The SMILES string of the molecule is CC1CN(C(=O)Cn2cc(NC(=O)NC(c3cccs3)C(C)(C)C)cn2)CC(C)O1. The molecule has 1 fully saturated rings. The van der Waals surface area contributed by atoms with Crippen LogP contribution in [-0.4, -0.2) is 51.9 Å². The zero-order chi connectivity index (χ0) is 21.9. The van der Waals surface area contributed by atoms with E-state index < -0.39 is 0 Å². The van der Waals surface area contributed by atoms with Crippen molar-refractivity contribution in [2.45, 2.75) is 59.4 Å². The van der Waals surface area contributed by atoms with Crippen LogP contribution >= 0.6 is 11.3 Å². The van der Waals surface area contributed by atoms with E-state index in [1.54, 1.807) is 33.3 Å². The monoisotopic (exact) mass is 433 g/mol. The van der Waals surface area contributed by atoms with Gasteiger partial charge in [0.05, 0.1) is 30.1 Å². The molecule has 3 unspecified atom stereocenters. The van der Waals surface area contributed by atoms with Crippen LogP contribution < -0.4 is 10.6 Å². The molecule has 3 amide bonds. The maximum absolute atomic E-state index is 12.6. The van der Waals surface area contributed by atoms with Gasteiger partial charge >= 0.3 is 6.03 Å². The standard InChI is InChI=1S/C21H31N5O3S/c1-14-10-25(11-15(2)29-14)18(27)13-26-12-16(9-22-26)23-20(28)24-19(21(3,4)5)17-7-6-8-30-17/h6-9,12,14-15,19H,10-11,13H2,1-5H3,(H2,23,24,28). The molecule has 0 bridgehead atoms. The molecule has 164 valence electrons. The molecule has 0 aliphatic carbocycles. The number of nitrogens with zero attached hydrogens (tertiary/aromatic N) is 3. The Labute approximate surface area is 181 Å². The van der Waals surface area contributed by atoms with E-state index in [-0.39, 0.29) is 42.1 Å². The van der Waals surface area contributed by atoms with Gasteiger partial charge in [-0.25, -0.2) is 4.79 Å². The van der Waals surface area contributed by atoms with E-state index in [2.05, 4.69) is 36.5 Å². The normalized spacial score (nSPS) is 20.6. The number of carbonyl (C=O) groups is 2. The average Bonchev–Trinajstić information content (AvgIpc) is 3.30. The van der Waals surface area contributed by atoms with Crippen LogP contribution in [0.4, 0.5) is 10.5 Å². The van der Waals surface area contributed by atoms with E-state index in [4.69, 9.17) is 4.74 Å². The molecular formula is C21H31N5O3S. The number of urea groups is 1. The molecule has 1 aliphatic rings. The minimum atomic E-state index is -0.301. The number of carbonyl (C=O) groups excluding carboxylic acids is 2. The summed E-state index contributed by atoms with van der Waals surface area (Å²) in [4.78, 5) is 28.1. The molecule has 3 heterocycles. The zero-order valence-corrected chi connectivity index (χ0v) is 19.0. The topological polar surface area (TPSA) is 88.5 Å². The Balaban J connectivity index is 1.57. The quantitative estimate of drug-likeness (QED) is 0.755. The van der Waals surface area contributed by atoms with Crippen molar-refractivity contribution in [1.29, 1.82) is 0 Å². The largest absolute Gasteiger partial charge is 0.372 e. The summed E-state index contributed by atoms with van der Waals surface area (Å²) in [5, 5.41) is 12.1. The third-order valence-corrected chi connectivity index (χ3v) is 5.87. The van der Waals surface area contributed by atoms with Crippen molar-refractivity contribution in [2.75, 3.05) is 18.4 Å². The third-order valence-electron chi connectivity index (χ3n) is 4.93. The molecule has 3 rings (SSSR count). The van der Waals surface area contributed by atoms with Gasteiger partial charge in [-0.05, 0) is 30.7 Å². The van der Waals surface area contributed by atoms with Gasteiger partial charge in [-0.2, -0.15) is 5.10 Å². The van der Waals surface area contributed by atoms with E-state index in [0.29, 0.717) is 18.8 Å². The van der Waals surface area contributed by atoms with Crippen molar-refractivity contribution in [2.24, 2.45) is 5.41 Å². The van der Waals surface area contributed by atoms with E-state index in [1.807, 2.05) is 31.4 Å². The highest BCUT2D eigenvalue weighted by Crippen LogP contribution is 2.35. The van der Waals surface area contributed by atoms with Crippen LogP contribution in [0.25, 0.3) is 0 Å². The molecule has 0 aromatic carbocycles. The van der Waals surface area contributed by atoms with Gasteiger partial charge in [0.1, 0.15) is 6.54 Å². The maximum Gasteiger partial charge on any atom is 0.319 e. The van der Waals surface area contributed by atoms with Crippen LogP contribution in [0.1, 0.15) is 45.5 Å². The average molecular weight is 434 g/mol. The van der Waals surface area contributed by atoms with Gasteiger partial charge in [0.2, 0.25) is 5.91 Å². The van der Waals surface area contributed by atoms with Crippen LogP contribution in [-0.2, 0) is 16.1 Å². The van der Waals surface area contributed by atoms with Crippen molar-refractivity contribution in [3.8, 4) is 0 Å². The predicted octanol–water partition coefficient (Wildman–Crippen LogP) is 3.49. The summed E-state index contributed by atoms with van der Waals surface area (Å²) in [7, 11) is 0. The third kappa shape index (κ3) is 5.82. The van der Waals surface area contributed by atoms with Crippen molar-refractivity contribution >= 4 is 29.0 Å². The molecule has 30 heavy (non-hydrogen) atoms. The Kier molecular flexibility index (Phi) is 6.82. The van der Waals surface area contributed by atoms with Crippen molar-refractivity contribution in [3.05, 3.63) is 34.8 Å². The molecule has 0 saturated carbocycles. The smallest absolute Gasteiger partial charge is 0.319 e. The first-order valence-electron chi connectivity index (χ1n) is 10.2. The Morgan fingerprint density at radius 1 is 1.30 bits per heavy atom. The van der Waals surface area contributed by atoms with E-state index in [0.717, 1.165) is 4.88 Å². The van der Waals surface area contributed by atoms with Gasteiger partial charge in [0, 0.05) is 24.2 Å². The van der Waals surface area contributed by atoms with Gasteiger partial charge in [-0.15, -0.1) is 11.3 Å². The Morgan fingerprint density at radius 2 is 2.00 bits per heavy atom. The van der Waals surface area contributed by atoms with Crippen LogP contribution in [0.2, 0.25) is 0 Å². The number of amides is 3. The second kappa shape index (κ2) is 9.18. The second-order valence-electron chi connectivity index (χ2n) is 8.90. The van der Waals surface area contributed by atoms with Gasteiger partial charge in [0.25, 0.3) is 0 Å². The maximum atomic E-state index is 12.6. The number of hydrogen-bond donors (Lipinski definition) is 2. The molecule has 9 heteroatoms. The van der Waals surface area contributed by atoms with Gasteiger partial charge in [0.15, 0.2) is 0 Å². The van der Waals surface area contributed by atoms with Crippen LogP contribution in [0.3, 0.4) is 0 Å². The molecular weight excluding hydrogens is 402 g/mol. The Morgan fingerprint density at radius 3 is 2.60 bits per heavy atom. The van der Waals surface area contributed by atoms with Gasteiger partial charge in [-0.3, -0.25) is 9.48 Å². The molecule has 0 radical (unpaired) electrons. The predicted molar refractivity (Wildman–Crippen MR) is 117 cm³/mol. The summed E-state index contributed by atoms with van der Waals surface area (Å²) in [5.74, 6) is -0.0124. The number of ether oxygens (including phenoxy) is 1. The number of anilines is 1. The molecule has 2 N–H and O–H groups in total. The van der Waals surface area contributed by atoms with Crippen molar-refractivity contribution in [3.63, 3.8) is 0 Å². The molecule has 1 aliphatic heterocycles.